The number of para-hydroxylation sites is 2. The van der Waals surface area contributed by atoms with Gasteiger partial charge in [-0.1, -0.05) is 12.1 Å². The van der Waals surface area contributed by atoms with Crippen LogP contribution in [0.1, 0.15) is 19.3 Å². The molecule has 1 aliphatic heterocycles. The Morgan fingerprint density at radius 3 is 2.72 bits per heavy atom. The average Bonchev–Trinajstić information content (AvgIpc) is 3.14. The molecular weight excluding hydrogens is 230 g/mol. The molecule has 1 saturated carbocycles. The molecule has 5 nitrogen and oxygen atoms in total. The van der Waals surface area contributed by atoms with Gasteiger partial charge in [-0.3, -0.25) is 9.59 Å². The molecule has 0 aromatic heterocycles. The Bertz CT molecular complexity index is 497. The van der Waals surface area contributed by atoms with Gasteiger partial charge >= 0.3 is 0 Å². The van der Waals surface area contributed by atoms with Crippen molar-refractivity contribution in [2.45, 2.75) is 31.3 Å². The highest BCUT2D eigenvalue weighted by atomic mass is 16.2. The maximum absolute atomic E-state index is 11.8. The lowest BCUT2D eigenvalue weighted by molar-refractivity contribution is -0.125. The summed E-state index contributed by atoms with van der Waals surface area (Å²) >= 11 is 0. The van der Waals surface area contributed by atoms with Gasteiger partial charge < -0.3 is 16.0 Å². The zero-order valence-electron chi connectivity index (χ0n) is 9.90. The Hall–Kier alpha value is -2.04. The molecule has 0 radical (unpaired) electrons. The van der Waals surface area contributed by atoms with E-state index in [1.807, 2.05) is 24.3 Å². The number of hydrogen-bond acceptors (Lipinski definition) is 3. The Kier molecular flexibility index (Phi) is 2.66. The van der Waals surface area contributed by atoms with Crippen LogP contribution < -0.4 is 16.0 Å². The van der Waals surface area contributed by atoms with Crippen molar-refractivity contribution in [1.29, 1.82) is 0 Å². The maximum Gasteiger partial charge on any atom is 0.247 e. The van der Waals surface area contributed by atoms with Gasteiger partial charge in [-0.15, -0.1) is 0 Å². The normalized spacial score (nSPS) is 21.6. The van der Waals surface area contributed by atoms with Crippen molar-refractivity contribution in [2.75, 3.05) is 10.6 Å². The third kappa shape index (κ3) is 2.30. The van der Waals surface area contributed by atoms with Gasteiger partial charge in [0.2, 0.25) is 11.8 Å². The molecule has 18 heavy (non-hydrogen) atoms. The molecule has 3 N–H and O–H groups in total. The van der Waals surface area contributed by atoms with Crippen LogP contribution in [0.25, 0.3) is 0 Å². The summed E-state index contributed by atoms with van der Waals surface area (Å²) in [6.07, 6.45) is 2.29. The monoisotopic (exact) mass is 245 g/mol. The van der Waals surface area contributed by atoms with E-state index in [4.69, 9.17) is 0 Å². The molecular formula is C13H15N3O2. The molecule has 0 saturated heterocycles. The van der Waals surface area contributed by atoms with Crippen molar-refractivity contribution < 1.29 is 9.59 Å². The second kappa shape index (κ2) is 4.33. The molecule has 3 rings (SSSR count). The first-order chi connectivity index (χ1) is 8.72. The third-order valence-corrected chi connectivity index (χ3v) is 3.16. The molecule has 0 bridgehead atoms. The molecule has 1 atom stereocenters. The van der Waals surface area contributed by atoms with Crippen LogP contribution in [0.2, 0.25) is 0 Å². The minimum Gasteiger partial charge on any atom is -0.372 e. The van der Waals surface area contributed by atoms with E-state index in [2.05, 4.69) is 16.0 Å². The summed E-state index contributed by atoms with van der Waals surface area (Å²) < 4.78 is 0. The Morgan fingerprint density at radius 1 is 1.28 bits per heavy atom. The minimum atomic E-state index is -0.487. The molecule has 5 heteroatoms. The van der Waals surface area contributed by atoms with Gasteiger partial charge in [0, 0.05) is 6.04 Å². The fourth-order valence-corrected chi connectivity index (χ4v) is 2.03. The van der Waals surface area contributed by atoms with E-state index in [-0.39, 0.29) is 18.2 Å². The molecule has 1 fully saturated rings. The van der Waals surface area contributed by atoms with Crippen LogP contribution in [0, 0.1) is 0 Å². The van der Waals surface area contributed by atoms with E-state index in [9.17, 15) is 9.59 Å². The lowest BCUT2D eigenvalue weighted by Crippen LogP contribution is -2.42. The zero-order chi connectivity index (χ0) is 12.5. The van der Waals surface area contributed by atoms with E-state index >= 15 is 0 Å². The minimum absolute atomic E-state index is 0.0652. The fraction of sp³-hybridized carbons (Fsp3) is 0.385. The summed E-state index contributed by atoms with van der Waals surface area (Å²) in [5.74, 6) is -0.218. The number of amides is 2. The van der Waals surface area contributed by atoms with Gasteiger partial charge in [0.25, 0.3) is 0 Å². The van der Waals surface area contributed by atoms with Gasteiger partial charge in [-0.25, -0.2) is 0 Å². The predicted octanol–water partition coefficient (Wildman–Crippen LogP) is 1.09. The maximum atomic E-state index is 11.8. The summed E-state index contributed by atoms with van der Waals surface area (Å²) in [5.41, 5.74) is 1.63. The highest BCUT2D eigenvalue weighted by Crippen LogP contribution is 2.27. The largest absolute Gasteiger partial charge is 0.372 e. The summed E-state index contributed by atoms with van der Waals surface area (Å²) in [6, 6.07) is 7.32. The van der Waals surface area contributed by atoms with Crippen molar-refractivity contribution >= 4 is 23.2 Å². The number of carbonyl (C=O) groups excluding carboxylic acids is 2. The van der Waals surface area contributed by atoms with E-state index in [0.717, 1.165) is 24.2 Å². The summed E-state index contributed by atoms with van der Waals surface area (Å²) in [6.45, 7) is 0. The van der Waals surface area contributed by atoms with Gasteiger partial charge in [-0.2, -0.15) is 0 Å². The highest BCUT2D eigenvalue weighted by Gasteiger charge is 2.29. The van der Waals surface area contributed by atoms with Crippen molar-refractivity contribution in [3.05, 3.63) is 24.3 Å². The molecule has 1 aromatic carbocycles. The number of benzene rings is 1. The van der Waals surface area contributed by atoms with Gasteiger partial charge in [-0.05, 0) is 25.0 Å². The number of fused-ring (bicyclic) bond motifs is 1. The van der Waals surface area contributed by atoms with E-state index in [0.29, 0.717) is 6.04 Å². The summed E-state index contributed by atoms with van der Waals surface area (Å²) in [4.78, 5) is 23.5. The standard InChI is InChI=1S/C13H15N3O2/c17-12(14-8-5-6-8)7-11-13(18)16-10-4-2-1-3-9(10)15-11/h1-4,8,11,15H,5-7H2,(H,14,17)(H,16,18)/t11-/m1/s1. The predicted molar refractivity (Wildman–Crippen MR) is 68.3 cm³/mol. The third-order valence-electron chi connectivity index (χ3n) is 3.16. The van der Waals surface area contributed by atoms with Gasteiger partial charge in [0.15, 0.2) is 0 Å². The van der Waals surface area contributed by atoms with Gasteiger partial charge in [0.05, 0.1) is 17.8 Å². The number of rotatable bonds is 3. The highest BCUT2D eigenvalue weighted by molar-refractivity contribution is 6.04. The van der Waals surface area contributed by atoms with E-state index in [1.54, 1.807) is 0 Å². The van der Waals surface area contributed by atoms with Crippen LogP contribution in [-0.2, 0) is 9.59 Å². The van der Waals surface area contributed by atoms with Crippen molar-refractivity contribution in [3.63, 3.8) is 0 Å². The summed E-state index contributed by atoms with van der Waals surface area (Å²) in [5, 5.41) is 8.79. The Labute approximate surface area is 105 Å². The molecule has 1 heterocycles. The van der Waals surface area contributed by atoms with E-state index < -0.39 is 6.04 Å². The fourth-order valence-electron chi connectivity index (χ4n) is 2.03. The Balaban J connectivity index is 1.66. The van der Waals surface area contributed by atoms with Crippen LogP contribution in [0.15, 0.2) is 24.3 Å². The average molecular weight is 245 g/mol. The zero-order valence-corrected chi connectivity index (χ0v) is 9.90. The van der Waals surface area contributed by atoms with Crippen molar-refractivity contribution in [1.82, 2.24) is 5.32 Å². The van der Waals surface area contributed by atoms with Crippen LogP contribution in [0.4, 0.5) is 11.4 Å². The summed E-state index contributed by atoms with van der Waals surface area (Å²) in [7, 11) is 0. The first-order valence-electron chi connectivity index (χ1n) is 6.18. The van der Waals surface area contributed by atoms with Crippen molar-refractivity contribution in [2.24, 2.45) is 0 Å². The molecule has 0 unspecified atom stereocenters. The first-order valence-corrected chi connectivity index (χ1v) is 6.18. The van der Waals surface area contributed by atoms with Crippen LogP contribution >= 0.6 is 0 Å². The lowest BCUT2D eigenvalue weighted by atomic mass is 10.1. The second-order valence-electron chi connectivity index (χ2n) is 4.78. The number of carbonyl (C=O) groups is 2. The molecule has 2 amide bonds. The number of hydrogen-bond donors (Lipinski definition) is 3. The van der Waals surface area contributed by atoms with Crippen LogP contribution in [-0.4, -0.2) is 23.9 Å². The quantitative estimate of drug-likeness (QED) is 0.746. The molecule has 1 aliphatic carbocycles. The van der Waals surface area contributed by atoms with Crippen molar-refractivity contribution in [3.8, 4) is 0 Å². The SMILES string of the molecule is O=C(C[C@H]1Nc2ccccc2NC1=O)NC1CC1. The first kappa shape index (κ1) is 11.1. The van der Waals surface area contributed by atoms with E-state index in [1.165, 1.54) is 0 Å². The number of anilines is 2. The number of nitrogens with one attached hydrogen (secondary N) is 3. The Morgan fingerprint density at radius 2 is 2.00 bits per heavy atom. The van der Waals surface area contributed by atoms with Crippen LogP contribution in [0.3, 0.4) is 0 Å². The molecule has 2 aliphatic rings. The molecule has 1 aromatic rings. The lowest BCUT2D eigenvalue weighted by Gasteiger charge is -2.26. The topological polar surface area (TPSA) is 70.2 Å². The molecule has 0 spiro atoms. The molecule has 94 valence electrons. The van der Waals surface area contributed by atoms with Gasteiger partial charge in [0.1, 0.15) is 6.04 Å². The smallest absolute Gasteiger partial charge is 0.247 e. The van der Waals surface area contributed by atoms with Crippen LogP contribution in [0.5, 0.6) is 0 Å². The second-order valence-corrected chi connectivity index (χ2v) is 4.78.